The highest BCUT2D eigenvalue weighted by atomic mass is 16.6. The molecule has 0 bridgehead atoms. The van der Waals surface area contributed by atoms with E-state index in [9.17, 15) is 4.79 Å². The minimum Gasteiger partial charge on any atom is -0.456 e. The van der Waals surface area contributed by atoms with Crippen molar-refractivity contribution in [3.8, 4) is 0 Å². The van der Waals surface area contributed by atoms with Crippen molar-refractivity contribution < 1.29 is 9.53 Å². The molecule has 1 aromatic rings. The van der Waals surface area contributed by atoms with Crippen LogP contribution in [-0.4, -0.2) is 10.5 Å². The number of carbonyl (C=O) groups is 1. The number of cyclic esters (lactones) is 1. The molecule has 0 amide bonds. The number of aromatic nitrogens is 1. The Morgan fingerprint density at radius 2 is 2.38 bits per heavy atom. The van der Waals surface area contributed by atoms with E-state index in [0.29, 0.717) is 12.3 Å². The van der Waals surface area contributed by atoms with Gasteiger partial charge in [-0.2, -0.15) is 0 Å². The SMILES string of the molecule is C[C@H]1CC(=O)O[C@@H]1c1cccn1C. The third-order valence-electron chi connectivity index (χ3n) is 2.54. The van der Waals surface area contributed by atoms with Gasteiger partial charge in [0, 0.05) is 19.2 Å². The van der Waals surface area contributed by atoms with E-state index >= 15 is 0 Å². The molecule has 2 atom stereocenters. The van der Waals surface area contributed by atoms with Crippen LogP contribution in [0.2, 0.25) is 0 Å². The average Bonchev–Trinajstić information content (AvgIpc) is 2.58. The zero-order valence-corrected chi connectivity index (χ0v) is 7.86. The van der Waals surface area contributed by atoms with E-state index in [-0.39, 0.29) is 12.1 Å². The van der Waals surface area contributed by atoms with Gasteiger partial charge in [-0.3, -0.25) is 4.79 Å². The monoisotopic (exact) mass is 179 g/mol. The van der Waals surface area contributed by atoms with Crippen molar-refractivity contribution in [3.63, 3.8) is 0 Å². The van der Waals surface area contributed by atoms with Crippen LogP contribution in [-0.2, 0) is 16.6 Å². The molecule has 2 rings (SSSR count). The summed E-state index contributed by atoms with van der Waals surface area (Å²) in [6.45, 7) is 2.04. The Balaban J connectivity index is 2.27. The largest absolute Gasteiger partial charge is 0.456 e. The molecule has 0 radical (unpaired) electrons. The van der Waals surface area contributed by atoms with Crippen LogP contribution >= 0.6 is 0 Å². The number of esters is 1. The predicted molar refractivity (Wildman–Crippen MR) is 48.0 cm³/mol. The van der Waals surface area contributed by atoms with E-state index in [1.807, 2.05) is 36.9 Å². The standard InChI is InChI=1S/C10H13NO2/c1-7-6-9(12)13-10(7)8-4-3-5-11(8)2/h3-5,7,10H,6H2,1-2H3/t7-,10-/m0/s1. The maximum atomic E-state index is 11.0. The van der Waals surface area contributed by atoms with Crippen molar-refractivity contribution in [2.75, 3.05) is 0 Å². The zero-order chi connectivity index (χ0) is 9.42. The lowest BCUT2D eigenvalue weighted by atomic mass is 10.0. The quantitative estimate of drug-likeness (QED) is 0.614. The van der Waals surface area contributed by atoms with Gasteiger partial charge in [-0.25, -0.2) is 0 Å². The van der Waals surface area contributed by atoms with Crippen molar-refractivity contribution in [3.05, 3.63) is 24.0 Å². The third-order valence-corrected chi connectivity index (χ3v) is 2.54. The summed E-state index contributed by atoms with van der Waals surface area (Å²) < 4.78 is 7.24. The Labute approximate surface area is 77.3 Å². The molecule has 70 valence electrons. The van der Waals surface area contributed by atoms with Crippen LogP contribution in [0.1, 0.15) is 25.1 Å². The van der Waals surface area contributed by atoms with Gasteiger partial charge in [0.1, 0.15) is 6.10 Å². The Morgan fingerprint density at radius 1 is 1.62 bits per heavy atom. The molecule has 13 heavy (non-hydrogen) atoms. The maximum absolute atomic E-state index is 11.0. The summed E-state index contributed by atoms with van der Waals surface area (Å²) in [4.78, 5) is 11.0. The predicted octanol–water partition coefficient (Wildman–Crippen LogP) is 1.65. The van der Waals surface area contributed by atoms with Gasteiger partial charge in [0.25, 0.3) is 0 Å². The van der Waals surface area contributed by atoms with E-state index < -0.39 is 0 Å². The first-order chi connectivity index (χ1) is 6.18. The van der Waals surface area contributed by atoms with Crippen molar-refractivity contribution in [2.24, 2.45) is 13.0 Å². The number of carbonyl (C=O) groups excluding carboxylic acids is 1. The highest BCUT2D eigenvalue weighted by molar-refractivity contribution is 5.72. The molecule has 1 saturated heterocycles. The fourth-order valence-corrected chi connectivity index (χ4v) is 1.80. The lowest BCUT2D eigenvalue weighted by Crippen LogP contribution is -2.08. The molecule has 1 aliphatic heterocycles. The number of aryl methyl sites for hydroxylation is 1. The number of nitrogens with zero attached hydrogens (tertiary/aromatic N) is 1. The molecule has 0 saturated carbocycles. The van der Waals surface area contributed by atoms with Gasteiger partial charge in [0.05, 0.1) is 12.1 Å². The lowest BCUT2D eigenvalue weighted by Gasteiger charge is -2.14. The summed E-state index contributed by atoms with van der Waals surface area (Å²) in [6.07, 6.45) is 2.46. The first-order valence-electron chi connectivity index (χ1n) is 4.49. The summed E-state index contributed by atoms with van der Waals surface area (Å²) in [5.41, 5.74) is 1.08. The molecule has 0 spiro atoms. The Kier molecular flexibility index (Phi) is 1.87. The van der Waals surface area contributed by atoms with E-state index in [1.165, 1.54) is 0 Å². The summed E-state index contributed by atoms with van der Waals surface area (Å²) in [7, 11) is 1.97. The van der Waals surface area contributed by atoms with Crippen LogP contribution < -0.4 is 0 Å². The molecule has 0 aromatic carbocycles. The van der Waals surface area contributed by atoms with Gasteiger partial charge < -0.3 is 9.30 Å². The molecule has 0 N–H and O–H groups in total. The molecule has 2 heterocycles. The Bertz CT molecular complexity index is 329. The lowest BCUT2D eigenvalue weighted by molar-refractivity contribution is -0.142. The van der Waals surface area contributed by atoms with Gasteiger partial charge >= 0.3 is 5.97 Å². The van der Waals surface area contributed by atoms with Crippen LogP contribution in [0.25, 0.3) is 0 Å². The Morgan fingerprint density at radius 3 is 2.85 bits per heavy atom. The number of rotatable bonds is 1. The highest BCUT2D eigenvalue weighted by Gasteiger charge is 2.33. The Hall–Kier alpha value is -1.25. The summed E-state index contributed by atoms with van der Waals surface area (Å²) in [5, 5.41) is 0. The van der Waals surface area contributed by atoms with Crippen LogP contribution in [0.15, 0.2) is 18.3 Å². The molecule has 0 aliphatic carbocycles. The molecule has 1 aliphatic rings. The van der Waals surface area contributed by atoms with E-state index in [0.717, 1.165) is 5.69 Å². The summed E-state index contributed by atoms with van der Waals surface area (Å²) in [5.74, 6) is 0.208. The second-order valence-electron chi connectivity index (χ2n) is 3.64. The van der Waals surface area contributed by atoms with Crippen molar-refractivity contribution in [2.45, 2.75) is 19.4 Å². The zero-order valence-electron chi connectivity index (χ0n) is 7.86. The van der Waals surface area contributed by atoms with Crippen molar-refractivity contribution >= 4 is 5.97 Å². The molecule has 1 fully saturated rings. The van der Waals surface area contributed by atoms with Gasteiger partial charge in [-0.15, -0.1) is 0 Å². The fourth-order valence-electron chi connectivity index (χ4n) is 1.80. The molecule has 3 nitrogen and oxygen atoms in total. The van der Waals surface area contributed by atoms with Crippen LogP contribution in [0.5, 0.6) is 0 Å². The first kappa shape index (κ1) is 8.35. The number of ether oxygens (including phenoxy) is 1. The summed E-state index contributed by atoms with van der Waals surface area (Å²) in [6, 6.07) is 3.97. The van der Waals surface area contributed by atoms with Crippen molar-refractivity contribution in [1.82, 2.24) is 4.57 Å². The van der Waals surface area contributed by atoms with E-state index in [2.05, 4.69) is 0 Å². The van der Waals surface area contributed by atoms with Gasteiger partial charge in [0.15, 0.2) is 0 Å². The molecular formula is C10H13NO2. The molecule has 1 aromatic heterocycles. The fraction of sp³-hybridized carbons (Fsp3) is 0.500. The normalized spacial score (nSPS) is 27.7. The summed E-state index contributed by atoms with van der Waals surface area (Å²) >= 11 is 0. The van der Waals surface area contributed by atoms with E-state index in [1.54, 1.807) is 0 Å². The maximum Gasteiger partial charge on any atom is 0.306 e. The smallest absolute Gasteiger partial charge is 0.306 e. The average molecular weight is 179 g/mol. The number of hydrogen-bond acceptors (Lipinski definition) is 2. The number of hydrogen-bond donors (Lipinski definition) is 0. The second-order valence-corrected chi connectivity index (χ2v) is 3.64. The van der Waals surface area contributed by atoms with Crippen LogP contribution in [0.3, 0.4) is 0 Å². The van der Waals surface area contributed by atoms with Gasteiger partial charge in [-0.1, -0.05) is 6.92 Å². The van der Waals surface area contributed by atoms with Gasteiger partial charge in [-0.05, 0) is 12.1 Å². The first-order valence-corrected chi connectivity index (χ1v) is 4.49. The molecular weight excluding hydrogens is 166 g/mol. The minimum atomic E-state index is -0.0845. The highest BCUT2D eigenvalue weighted by Crippen LogP contribution is 2.34. The third kappa shape index (κ3) is 1.34. The van der Waals surface area contributed by atoms with E-state index in [4.69, 9.17) is 4.74 Å². The van der Waals surface area contributed by atoms with Crippen molar-refractivity contribution in [1.29, 1.82) is 0 Å². The second kappa shape index (κ2) is 2.91. The minimum absolute atomic E-state index is 0.0486. The van der Waals surface area contributed by atoms with Crippen LogP contribution in [0, 0.1) is 5.92 Å². The molecule has 3 heteroatoms. The molecule has 0 unspecified atom stereocenters. The topological polar surface area (TPSA) is 31.2 Å². The van der Waals surface area contributed by atoms with Crippen LogP contribution in [0.4, 0.5) is 0 Å². The van der Waals surface area contributed by atoms with Gasteiger partial charge in [0.2, 0.25) is 0 Å².